The van der Waals surface area contributed by atoms with Crippen LogP contribution in [0.3, 0.4) is 0 Å². The van der Waals surface area contributed by atoms with Crippen molar-refractivity contribution in [2.75, 3.05) is 14.2 Å². The van der Waals surface area contributed by atoms with Crippen LogP contribution in [0.15, 0.2) is 47.3 Å². The Bertz CT molecular complexity index is 598. The van der Waals surface area contributed by atoms with Crippen molar-refractivity contribution in [1.82, 2.24) is 0 Å². The molecular formula is C16H16O5. The van der Waals surface area contributed by atoms with Gasteiger partial charge in [0.25, 0.3) is 0 Å². The van der Waals surface area contributed by atoms with Crippen LogP contribution in [0, 0.1) is 0 Å². The lowest BCUT2D eigenvalue weighted by atomic mass is 9.93. The van der Waals surface area contributed by atoms with Crippen molar-refractivity contribution in [2.45, 2.75) is 12.3 Å². The average Bonchev–Trinajstić information content (AvgIpc) is 3.05. The summed E-state index contributed by atoms with van der Waals surface area (Å²) < 4.78 is 14.8. The van der Waals surface area contributed by atoms with Crippen molar-refractivity contribution < 1.29 is 23.5 Å². The average molecular weight is 288 g/mol. The zero-order valence-corrected chi connectivity index (χ0v) is 11.9. The van der Waals surface area contributed by atoms with Crippen LogP contribution >= 0.6 is 0 Å². The molecule has 2 aromatic rings. The number of carbonyl (C=O) groups excluding carboxylic acids is 2. The Labute approximate surface area is 122 Å². The molecule has 110 valence electrons. The number of ketones is 1. The van der Waals surface area contributed by atoms with Crippen molar-refractivity contribution in [3.63, 3.8) is 0 Å². The lowest BCUT2D eigenvalue weighted by Crippen LogP contribution is -2.17. The molecule has 1 unspecified atom stereocenters. The molecule has 0 saturated heterocycles. The maximum Gasteiger partial charge on any atom is 0.313 e. The number of benzene rings is 1. The van der Waals surface area contributed by atoms with Gasteiger partial charge in [-0.1, -0.05) is 0 Å². The van der Waals surface area contributed by atoms with Gasteiger partial charge in [-0.25, -0.2) is 0 Å². The van der Waals surface area contributed by atoms with E-state index in [2.05, 4.69) is 0 Å². The van der Waals surface area contributed by atoms with Gasteiger partial charge in [-0.2, -0.15) is 0 Å². The molecule has 0 aliphatic carbocycles. The van der Waals surface area contributed by atoms with Gasteiger partial charge in [0.2, 0.25) is 0 Å². The zero-order chi connectivity index (χ0) is 15.2. The number of Topliss-reactive ketones (excluding diaryl/α,β-unsaturated/α-hetero) is 1. The highest BCUT2D eigenvalue weighted by Gasteiger charge is 2.26. The summed E-state index contributed by atoms with van der Waals surface area (Å²) in [5, 5.41) is 0. The van der Waals surface area contributed by atoms with Crippen LogP contribution < -0.4 is 4.74 Å². The minimum Gasteiger partial charge on any atom is -0.497 e. The second-order valence-electron chi connectivity index (χ2n) is 4.49. The van der Waals surface area contributed by atoms with E-state index in [1.807, 2.05) is 0 Å². The van der Waals surface area contributed by atoms with Crippen LogP contribution in [0.1, 0.15) is 28.3 Å². The van der Waals surface area contributed by atoms with Crippen molar-refractivity contribution in [3.05, 3.63) is 54.0 Å². The summed E-state index contributed by atoms with van der Waals surface area (Å²) in [6.45, 7) is 0. The first kappa shape index (κ1) is 14.8. The molecule has 5 nitrogen and oxygen atoms in total. The minimum absolute atomic E-state index is 0.0263. The lowest BCUT2D eigenvalue weighted by molar-refractivity contribution is -0.142. The quantitative estimate of drug-likeness (QED) is 0.604. The third kappa shape index (κ3) is 3.51. The number of methoxy groups -OCH3 is 2. The summed E-state index contributed by atoms with van der Waals surface area (Å²) in [4.78, 5) is 24.1. The highest BCUT2D eigenvalue weighted by Crippen LogP contribution is 2.24. The molecule has 1 atom stereocenters. The van der Waals surface area contributed by atoms with E-state index in [1.54, 1.807) is 37.4 Å². The summed E-state index contributed by atoms with van der Waals surface area (Å²) in [5.74, 6) is -0.596. The van der Waals surface area contributed by atoms with Gasteiger partial charge < -0.3 is 13.9 Å². The second kappa shape index (κ2) is 6.74. The van der Waals surface area contributed by atoms with E-state index < -0.39 is 11.9 Å². The van der Waals surface area contributed by atoms with Crippen LogP contribution in [-0.2, 0) is 9.53 Å². The van der Waals surface area contributed by atoms with E-state index in [-0.39, 0.29) is 12.2 Å². The molecule has 0 bridgehead atoms. The number of hydrogen-bond acceptors (Lipinski definition) is 5. The van der Waals surface area contributed by atoms with Crippen LogP contribution in [0.2, 0.25) is 0 Å². The van der Waals surface area contributed by atoms with Crippen molar-refractivity contribution in [2.24, 2.45) is 0 Å². The molecule has 0 saturated carbocycles. The molecule has 0 spiro atoms. The van der Waals surface area contributed by atoms with Crippen LogP contribution in [0.4, 0.5) is 0 Å². The van der Waals surface area contributed by atoms with Gasteiger partial charge in [-0.15, -0.1) is 0 Å². The number of carbonyl (C=O) groups is 2. The van der Waals surface area contributed by atoms with E-state index >= 15 is 0 Å². The summed E-state index contributed by atoms with van der Waals surface area (Å²) in [5.41, 5.74) is 1.15. The maximum absolute atomic E-state index is 12.3. The first-order chi connectivity index (χ1) is 10.2. The summed E-state index contributed by atoms with van der Waals surface area (Å²) in [6, 6.07) is 8.41. The number of rotatable bonds is 6. The molecule has 0 aliphatic heterocycles. The topological polar surface area (TPSA) is 65.7 Å². The molecule has 0 N–H and O–H groups in total. The first-order valence-electron chi connectivity index (χ1n) is 6.43. The molecule has 0 amide bonds. The Kier molecular flexibility index (Phi) is 4.77. The summed E-state index contributed by atoms with van der Waals surface area (Å²) in [7, 11) is 2.86. The second-order valence-corrected chi connectivity index (χ2v) is 4.49. The Morgan fingerprint density at radius 3 is 2.38 bits per heavy atom. The fraction of sp³-hybridized carbons (Fsp3) is 0.250. The normalized spacial score (nSPS) is 11.7. The predicted octanol–water partition coefficient (Wildman–Crippen LogP) is 2.82. The Balaban J connectivity index is 2.16. The largest absolute Gasteiger partial charge is 0.497 e. The molecule has 1 aromatic carbocycles. The highest BCUT2D eigenvalue weighted by molar-refractivity contribution is 5.99. The van der Waals surface area contributed by atoms with Gasteiger partial charge in [0, 0.05) is 17.5 Å². The van der Waals surface area contributed by atoms with E-state index in [9.17, 15) is 9.59 Å². The monoisotopic (exact) mass is 288 g/mol. The van der Waals surface area contributed by atoms with Crippen LogP contribution in [0.25, 0.3) is 0 Å². The number of hydrogen-bond donors (Lipinski definition) is 0. The van der Waals surface area contributed by atoms with E-state index in [4.69, 9.17) is 13.9 Å². The van der Waals surface area contributed by atoms with Gasteiger partial charge >= 0.3 is 5.97 Å². The van der Waals surface area contributed by atoms with Gasteiger partial charge in [-0.3, -0.25) is 9.59 Å². The SMILES string of the molecule is COC(=O)C(CC(=O)c1ccc(OC)cc1)c1ccoc1. The third-order valence-electron chi connectivity index (χ3n) is 3.23. The molecule has 1 aromatic heterocycles. The maximum atomic E-state index is 12.3. The molecule has 0 radical (unpaired) electrons. The van der Waals surface area contributed by atoms with Crippen LogP contribution in [0.5, 0.6) is 5.75 Å². The lowest BCUT2D eigenvalue weighted by Gasteiger charge is -2.12. The third-order valence-corrected chi connectivity index (χ3v) is 3.23. The van der Waals surface area contributed by atoms with Gasteiger partial charge in [0.1, 0.15) is 5.75 Å². The molecule has 5 heteroatoms. The standard InChI is InChI=1S/C16H16O5/c1-19-13-5-3-11(4-6-13)15(17)9-14(16(18)20-2)12-7-8-21-10-12/h3-8,10,14H,9H2,1-2H3. The Hall–Kier alpha value is -2.56. The fourth-order valence-electron chi connectivity index (χ4n) is 2.03. The number of furan rings is 1. The van der Waals surface area contributed by atoms with E-state index in [0.717, 1.165) is 0 Å². The molecule has 1 heterocycles. The van der Waals surface area contributed by atoms with Gasteiger partial charge in [0.15, 0.2) is 5.78 Å². The van der Waals surface area contributed by atoms with Gasteiger partial charge in [0.05, 0.1) is 32.7 Å². The molecule has 2 rings (SSSR count). The van der Waals surface area contributed by atoms with Gasteiger partial charge in [-0.05, 0) is 30.3 Å². The summed E-state index contributed by atoms with van der Waals surface area (Å²) in [6.07, 6.45) is 2.94. The number of ether oxygens (including phenoxy) is 2. The molecule has 21 heavy (non-hydrogen) atoms. The predicted molar refractivity (Wildman–Crippen MR) is 75.4 cm³/mol. The fourth-order valence-corrected chi connectivity index (χ4v) is 2.03. The Morgan fingerprint density at radius 2 is 1.86 bits per heavy atom. The van der Waals surface area contributed by atoms with Crippen molar-refractivity contribution in [1.29, 1.82) is 0 Å². The zero-order valence-electron chi connectivity index (χ0n) is 11.9. The van der Waals surface area contributed by atoms with E-state index in [1.165, 1.54) is 19.6 Å². The minimum atomic E-state index is -0.664. The molecule has 0 fully saturated rings. The first-order valence-corrected chi connectivity index (χ1v) is 6.43. The van der Waals surface area contributed by atoms with Crippen molar-refractivity contribution in [3.8, 4) is 5.75 Å². The summed E-state index contributed by atoms with van der Waals surface area (Å²) >= 11 is 0. The number of esters is 1. The molecular weight excluding hydrogens is 272 g/mol. The van der Waals surface area contributed by atoms with Crippen LogP contribution in [-0.4, -0.2) is 26.0 Å². The molecule has 0 aliphatic rings. The Morgan fingerprint density at radius 1 is 1.14 bits per heavy atom. The van der Waals surface area contributed by atoms with E-state index in [0.29, 0.717) is 16.9 Å². The highest BCUT2D eigenvalue weighted by atomic mass is 16.5. The smallest absolute Gasteiger partial charge is 0.313 e. The van der Waals surface area contributed by atoms with Crippen molar-refractivity contribution >= 4 is 11.8 Å².